The van der Waals surface area contributed by atoms with Crippen LogP contribution in [0.1, 0.15) is 29.2 Å². The van der Waals surface area contributed by atoms with E-state index in [1.807, 2.05) is 0 Å². The van der Waals surface area contributed by atoms with E-state index in [1.165, 1.54) is 25.1 Å². The quantitative estimate of drug-likeness (QED) is 0.344. The zero-order chi connectivity index (χ0) is 19.6. The van der Waals surface area contributed by atoms with E-state index in [1.54, 1.807) is 49.4 Å². The largest absolute Gasteiger partial charge is 0.203 e. The van der Waals surface area contributed by atoms with Gasteiger partial charge in [0.15, 0.2) is 23.3 Å². The molecule has 0 saturated carbocycles. The number of rotatable bonds is 4. The minimum Gasteiger partial charge on any atom is -0.203 e. The lowest BCUT2D eigenvalue weighted by Gasteiger charge is -2.08. The molecule has 0 aliphatic heterocycles. The second kappa shape index (κ2) is 7.78. The lowest BCUT2D eigenvalue weighted by atomic mass is 10.00. The monoisotopic (exact) mass is 370 g/mol. The van der Waals surface area contributed by atoms with E-state index in [0.717, 1.165) is 5.56 Å². The minimum absolute atomic E-state index is 0.144. The number of benzene rings is 3. The molecule has 0 unspecified atom stereocenters. The summed E-state index contributed by atoms with van der Waals surface area (Å²) in [4.78, 5) is 0. The smallest absolute Gasteiger partial charge is 0.166 e. The van der Waals surface area contributed by atoms with E-state index in [9.17, 15) is 17.6 Å². The van der Waals surface area contributed by atoms with Gasteiger partial charge in [0.2, 0.25) is 0 Å². The van der Waals surface area contributed by atoms with Crippen molar-refractivity contribution in [3.8, 4) is 11.1 Å². The Kier molecular flexibility index (Phi) is 5.45. The zero-order valence-corrected chi connectivity index (χ0v) is 15.0. The molecule has 0 atom stereocenters. The molecule has 3 aromatic rings. The van der Waals surface area contributed by atoms with Crippen molar-refractivity contribution < 1.29 is 17.6 Å². The summed E-state index contributed by atoms with van der Waals surface area (Å²) in [5.41, 5.74) is 2.18. The molecular formula is C23H18F4. The molecule has 3 rings (SSSR count). The van der Waals surface area contributed by atoms with Gasteiger partial charge >= 0.3 is 0 Å². The van der Waals surface area contributed by atoms with E-state index in [4.69, 9.17) is 0 Å². The number of hydrogen-bond donors (Lipinski definition) is 0. The first-order valence-electron chi connectivity index (χ1n) is 8.62. The molecule has 0 amide bonds. The predicted molar refractivity (Wildman–Crippen MR) is 101 cm³/mol. The van der Waals surface area contributed by atoms with Crippen LogP contribution in [-0.2, 0) is 6.42 Å². The SMILES string of the molecule is CCc1ccc(-c2ccc(/C=C/c3ccc(C)c(F)c3F)cc2)c(F)c1F. The van der Waals surface area contributed by atoms with Crippen LogP contribution in [0.3, 0.4) is 0 Å². The summed E-state index contributed by atoms with van der Waals surface area (Å²) in [6.07, 6.45) is 3.53. The van der Waals surface area contributed by atoms with Crippen LogP contribution in [-0.4, -0.2) is 0 Å². The molecule has 0 saturated heterocycles. The van der Waals surface area contributed by atoms with Gasteiger partial charge in [0.1, 0.15) is 0 Å². The highest BCUT2D eigenvalue weighted by Crippen LogP contribution is 2.27. The summed E-state index contributed by atoms with van der Waals surface area (Å²) < 4.78 is 55.7. The standard InChI is InChI=1S/C23H18F4/c1-3-16-12-13-19(23(27)21(16)25)17-9-5-15(6-10-17)7-11-18-8-4-14(2)20(24)22(18)26/h4-13H,3H2,1-2H3/b11-7+. The highest BCUT2D eigenvalue weighted by atomic mass is 19.2. The molecule has 0 aliphatic rings. The van der Waals surface area contributed by atoms with Gasteiger partial charge in [-0.1, -0.05) is 67.6 Å². The first-order valence-corrected chi connectivity index (χ1v) is 8.62. The molecule has 27 heavy (non-hydrogen) atoms. The van der Waals surface area contributed by atoms with Gasteiger partial charge in [-0.25, -0.2) is 17.6 Å². The first-order chi connectivity index (χ1) is 12.9. The van der Waals surface area contributed by atoms with Crippen LogP contribution in [0.15, 0.2) is 48.5 Å². The van der Waals surface area contributed by atoms with Gasteiger partial charge in [-0.05, 0) is 35.6 Å². The van der Waals surface area contributed by atoms with Crippen molar-refractivity contribution in [3.63, 3.8) is 0 Å². The molecule has 0 fully saturated rings. The molecule has 0 bridgehead atoms. The van der Waals surface area contributed by atoms with Gasteiger partial charge in [0.25, 0.3) is 0 Å². The van der Waals surface area contributed by atoms with Gasteiger partial charge in [0, 0.05) is 11.1 Å². The summed E-state index contributed by atoms with van der Waals surface area (Å²) >= 11 is 0. The molecule has 0 nitrogen and oxygen atoms in total. The van der Waals surface area contributed by atoms with Gasteiger partial charge in [-0.15, -0.1) is 0 Å². The third-order valence-electron chi connectivity index (χ3n) is 4.53. The zero-order valence-electron chi connectivity index (χ0n) is 15.0. The Morgan fingerprint density at radius 1 is 0.704 bits per heavy atom. The first kappa shape index (κ1) is 18.9. The molecule has 0 spiro atoms. The van der Waals surface area contributed by atoms with E-state index < -0.39 is 23.3 Å². The maximum absolute atomic E-state index is 14.3. The summed E-state index contributed by atoms with van der Waals surface area (Å²) in [7, 11) is 0. The van der Waals surface area contributed by atoms with E-state index in [0.29, 0.717) is 17.5 Å². The van der Waals surface area contributed by atoms with Crippen LogP contribution >= 0.6 is 0 Å². The fourth-order valence-corrected chi connectivity index (χ4v) is 2.83. The van der Waals surface area contributed by atoms with E-state index in [2.05, 4.69) is 0 Å². The van der Waals surface area contributed by atoms with Gasteiger partial charge in [-0.2, -0.15) is 0 Å². The Bertz CT molecular complexity index is 1000. The second-order valence-electron chi connectivity index (χ2n) is 6.31. The number of aryl methyl sites for hydroxylation is 2. The number of hydrogen-bond acceptors (Lipinski definition) is 0. The fraction of sp³-hybridized carbons (Fsp3) is 0.130. The minimum atomic E-state index is -0.892. The van der Waals surface area contributed by atoms with Crippen LogP contribution in [0.25, 0.3) is 23.3 Å². The van der Waals surface area contributed by atoms with Crippen molar-refractivity contribution >= 4 is 12.2 Å². The Morgan fingerprint density at radius 2 is 1.41 bits per heavy atom. The lowest BCUT2D eigenvalue weighted by Crippen LogP contribution is -1.95. The summed E-state index contributed by atoms with van der Waals surface area (Å²) in [5.74, 6) is -3.44. The van der Waals surface area contributed by atoms with Gasteiger partial charge in [0.05, 0.1) is 0 Å². The van der Waals surface area contributed by atoms with E-state index in [-0.39, 0.29) is 16.7 Å². The topological polar surface area (TPSA) is 0 Å². The molecule has 3 aromatic carbocycles. The molecule has 0 N–H and O–H groups in total. The van der Waals surface area contributed by atoms with Crippen molar-refractivity contribution in [1.29, 1.82) is 0 Å². The van der Waals surface area contributed by atoms with Crippen LogP contribution < -0.4 is 0 Å². The van der Waals surface area contributed by atoms with Crippen LogP contribution in [0, 0.1) is 30.2 Å². The predicted octanol–water partition coefficient (Wildman–Crippen LogP) is 6.95. The average Bonchev–Trinajstić information content (AvgIpc) is 2.68. The Balaban J connectivity index is 1.86. The molecule has 0 radical (unpaired) electrons. The Hall–Kier alpha value is -2.88. The normalized spacial score (nSPS) is 11.3. The summed E-state index contributed by atoms with van der Waals surface area (Å²) in [6.45, 7) is 3.26. The lowest BCUT2D eigenvalue weighted by molar-refractivity contribution is 0.501. The maximum Gasteiger partial charge on any atom is 0.166 e. The van der Waals surface area contributed by atoms with Crippen LogP contribution in [0.4, 0.5) is 17.6 Å². The van der Waals surface area contributed by atoms with Crippen LogP contribution in [0.2, 0.25) is 0 Å². The maximum atomic E-state index is 14.3. The van der Waals surface area contributed by atoms with Crippen molar-refractivity contribution in [2.24, 2.45) is 0 Å². The Labute approximate surface area is 155 Å². The molecule has 0 aromatic heterocycles. The molecule has 0 aliphatic carbocycles. The Morgan fingerprint density at radius 3 is 2.07 bits per heavy atom. The van der Waals surface area contributed by atoms with Crippen molar-refractivity contribution in [2.45, 2.75) is 20.3 Å². The van der Waals surface area contributed by atoms with Crippen molar-refractivity contribution in [1.82, 2.24) is 0 Å². The third kappa shape index (κ3) is 3.80. The molecule has 138 valence electrons. The molecular weight excluding hydrogens is 352 g/mol. The third-order valence-corrected chi connectivity index (χ3v) is 4.53. The molecule has 0 heterocycles. The van der Waals surface area contributed by atoms with E-state index >= 15 is 0 Å². The van der Waals surface area contributed by atoms with Crippen LogP contribution in [0.5, 0.6) is 0 Å². The highest BCUT2D eigenvalue weighted by Gasteiger charge is 2.13. The van der Waals surface area contributed by atoms with Gasteiger partial charge < -0.3 is 0 Å². The molecule has 4 heteroatoms. The summed E-state index contributed by atoms with van der Waals surface area (Å²) in [5, 5.41) is 0. The fourth-order valence-electron chi connectivity index (χ4n) is 2.83. The van der Waals surface area contributed by atoms with Gasteiger partial charge in [-0.3, -0.25) is 0 Å². The highest BCUT2D eigenvalue weighted by molar-refractivity contribution is 5.72. The average molecular weight is 370 g/mol. The second-order valence-corrected chi connectivity index (χ2v) is 6.31. The summed E-state index contributed by atoms with van der Waals surface area (Å²) in [6, 6.07) is 12.9. The van der Waals surface area contributed by atoms with Crippen molar-refractivity contribution in [3.05, 3.63) is 94.1 Å². The van der Waals surface area contributed by atoms with Crippen molar-refractivity contribution in [2.75, 3.05) is 0 Å². The number of halogens is 4.